The second-order valence-corrected chi connectivity index (χ2v) is 5.99. The standard InChI is InChI=1S/C13H24N4O2/c1-9(2)17-5-6-18-10(7-17)11-15-12(19-16-11)13(3,4)8-14/h9-10H,5-8,14H2,1-4H3. The summed E-state index contributed by atoms with van der Waals surface area (Å²) in [6.07, 6.45) is -0.109. The Balaban J connectivity index is 2.10. The van der Waals surface area contributed by atoms with Gasteiger partial charge in [0.2, 0.25) is 11.7 Å². The summed E-state index contributed by atoms with van der Waals surface area (Å²) in [5, 5.41) is 4.05. The Morgan fingerprint density at radius 1 is 1.47 bits per heavy atom. The predicted octanol–water partition coefficient (Wildman–Crippen LogP) is 1.09. The van der Waals surface area contributed by atoms with Gasteiger partial charge in [-0.25, -0.2) is 0 Å². The topological polar surface area (TPSA) is 77.4 Å². The lowest BCUT2D eigenvalue weighted by atomic mass is 9.94. The molecule has 1 fully saturated rings. The Labute approximate surface area is 114 Å². The number of hydrogen-bond acceptors (Lipinski definition) is 6. The van der Waals surface area contributed by atoms with Crippen LogP contribution in [0.25, 0.3) is 0 Å². The van der Waals surface area contributed by atoms with E-state index in [0.29, 0.717) is 30.9 Å². The number of morpholine rings is 1. The van der Waals surface area contributed by atoms with E-state index >= 15 is 0 Å². The van der Waals surface area contributed by atoms with Crippen LogP contribution in [0.4, 0.5) is 0 Å². The Morgan fingerprint density at radius 2 is 2.21 bits per heavy atom. The van der Waals surface area contributed by atoms with Gasteiger partial charge < -0.3 is 15.0 Å². The van der Waals surface area contributed by atoms with E-state index in [2.05, 4.69) is 28.9 Å². The van der Waals surface area contributed by atoms with Gasteiger partial charge in [0, 0.05) is 25.7 Å². The van der Waals surface area contributed by atoms with Crippen molar-refractivity contribution in [2.75, 3.05) is 26.2 Å². The summed E-state index contributed by atoms with van der Waals surface area (Å²) in [7, 11) is 0. The molecule has 1 aliphatic rings. The monoisotopic (exact) mass is 268 g/mol. The first-order valence-corrected chi connectivity index (χ1v) is 6.84. The van der Waals surface area contributed by atoms with Crippen molar-refractivity contribution in [2.24, 2.45) is 5.73 Å². The summed E-state index contributed by atoms with van der Waals surface area (Å²) in [5.74, 6) is 1.21. The van der Waals surface area contributed by atoms with Crippen molar-refractivity contribution in [3.8, 4) is 0 Å². The molecule has 1 aliphatic heterocycles. The molecule has 1 aromatic rings. The van der Waals surface area contributed by atoms with E-state index in [1.165, 1.54) is 0 Å². The SMILES string of the molecule is CC(C)N1CCOC(c2noc(C(C)(C)CN)n2)C1. The molecule has 2 heterocycles. The molecular weight excluding hydrogens is 244 g/mol. The fourth-order valence-electron chi connectivity index (χ4n) is 2.02. The maximum absolute atomic E-state index is 5.75. The average Bonchev–Trinajstić information content (AvgIpc) is 2.89. The van der Waals surface area contributed by atoms with E-state index < -0.39 is 0 Å². The molecule has 0 amide bonds. The Hall–Kier alpha value is -0.980. The zero-order valence-corrected chi connectivity index (χ0v) is 12.2. The fourth-order valence-corrected chi connectivity index (χ4v) is 2.02. The maximum Gasteiger partial charge on any atom is 0.233 e. The van der Waals surface area contributed by atoms with E-state index in [4.69, 9.17) is 15.0 Å². The van der Waals surface area contributed by atoms with E-state index in [1.807, 2.05) is 13.8 Å². The highest BCUT2D eigenvalue weighted by Crippen LogP contribution is 2.25. The van der Waals surface area contributed by atoms with Crippen LogP contribution < -0.4 is 5.73 Å². The van der Waals surface area contributed by atoms with Crippen LogP contribution in [-0.2, 0) is 10.2 Å². The number of nitrogens with zero attached hydrogens (tertiary/aromatic N) is 3. The third kappa shape index (κ3) is 3.13. The summed E-state index contributed by atoms with van der Waals surface area (Å²) in [4.78, 5) is 6.82. The van der Waals surface area contributed by atoms with Crippen LogP contribution in [0.2, 0.25) is 0 Å². The Bertz CT molecular complexity index is 417. The lowest BCUT2D eigenvalue weighted by molar-refractivity contribution is -0.0450. The van der Waals surface area contributed by atoms with Crippen LogP contribution in [0, 0.1) is 0 Å². The predicted molar refractivity (Wildman–Crippen MR) is 71.8 cm³/mol. The molecule has 6 nitrogen and oxygen atoms in total. The van der Waals surface area contributed by atoms with E-state index in [9.17, 15) is 0 Å². The largest absolute Gasteiger partial charge is 0.367 e. The quantitative estimate of drug-likeness (QED) is 0.880. The lowest BCUT2D eigenvalue weighted by Gasteiger charge is -2.34. The average molecular weight is 268 g/mol. The Kier molecular flexibility index (Phi) is 4.23. The molecular formula is C13H24N4O2. The van der Waals surface area contributed by atoms with Crippen molar-refractivity contribution in [1.29, 1.82) is 0 Å². The van der Waals surface area contributed by atoms with Crippen LogP contribution in [0.5, 0.6) is 0 Å². The molecule has 0 radical (unpaired) electrons. The number of ether oxygens (including phenoxy) is 1. The van der Waals surface area contributed by atoms with E-state index in [-0.39, 0.29) is 11.5 Å². The van der Waals surface area contributed by atoms with Crippen LogP contribution in [0.15, 0.2) is 4.52 Å². The highest BCUT2D eigenvalue weighted by atomic mass is 16.5. The van der Waals surface area contributed by atoms with Gasteiger partial charge in [-0.05, 0) is 27.7 Å². The summed E-state index contributed by atoms with van der Waals surface area (Å²) >= 11 is 0. The third-order valence-electron chi connectivity index (χ3n) is 3.65. The first-order valence-electron chi connectivity index (χ1n) is 6.84. The van der Waals surface area contributed by atoms with E-state index in [1.54, 1.807) is 0 Å². The zero-order chi connectivity index (χ0) is 14.0. The van der Waals surface area contributed by atoms with Crippen molar-refractivity contribution in [3.05, 3.63) is 11.7 Å². The molecule has 0 spiro atoms. The zero-order valence-electron chi connectivity index (χ0n) is 12.2. The molecule has 2 rings (SSSR count). The normalized spacial score (nSPS) is 22.1. The smallest absolute Gasteiger partial charge is 0.233 e. The minimum absolute atomic E-state index is 0.109. The van der Waals surface area contributed by atoms with E-state index in [0.717, 1.165) is 13.1 Å². The maximum atomic E-state index is 5.75. The van der Waals surface area contributed by atoms with Crippen molar-refractivity contribution in [2.45, 2.75) is 45.3 Å². The summed E-state index contributed by atoms with van der Waals surface area (Å²) in [6.45, 7) is 11.3. The van der Waals surface area contributed by atoms with Gasteiger partial charge in [0.05, 0.1) is 12.0 Å². The van der Waals surface area contributed by atoms with Crippen LogP contribution in [0.3, 0.4) is 0 Å². The molecule has 1 unspecified atom stereocenters. The van der Waals surface area contributed by atoms with Gasteiger partial charge in [-0.3, -0.25) is 4.90 Å². The first kappa shape index (κ1) is 14.4. The van der Waals surface area contributed by atoms with Crippen LogP contribution in [0.1, 0.15) is 45.5 Å². The van der Waals surface area contributed by atoms with Gasteiger partial charge in [-0.2, -0.15) is 4.98 Å². The molecule has 6 heteroatoms. The second kappa shape index (κ2) is 5.56. The van der Waals surface area contributed by atoms with Crippen molar-refractivity contribution < 1.29 is 9.26 Å². The second-order valence-electron chi connectivity index (χ2n) is 5.99. The van der Waals surface area contributed by atoms with Crippen LogP contribution in [-0.4, -0.2) is 47.3 Å². The summed E-state index contributed by atoms with van der Waals surface area (Å²) < 4.78 is 11.1. The number of nitrogens with two attached hydrogens (primary N) is 1. The minimum Gasteiger partial charge on any atom is -0.367 e. The molecule has 1 aromatic heterocycles. The molecule has 1 saturated heterocycles. The van der Waals surface area contributed by atoms with Gasteiger partial charge in [0.25, 0.3) is 0 Å². The van der Waals surface area contributed by atoms with Gasteiger partial charge in [0.15, 0.2) is 0 Å². The highest BCUT2D eigenvalue weighted by molar-refractivity contribution is 5.03. The van der Waals surface area contributed by atoms with Gasteiger partial charge in [-0.15, -0.1) is 0 Å². The summed E-state index contributed by atoms with van der Waals surface area (Å²) in [5.41, 5.74) is 5.43. The molecule has 19 heavy (non-hydrogen) atoms. The molecule has 1 atom stereocenters. The number of hydrogen-bond donors (Lipinski definition) is 1. The van der Waals surface area contributed by atoms with Crippen molar-refractivity contribution >= 4 is 0 Å². The lowest BCUT2D eigenvalue weighted by Crippen LogP contribution is -2.42. The van der Waals surface area contributed by atoms with Crippen LogP contribution >= 0.6 is 0 Å². The number of rotatable bonds is 4. The molecule has 0 aromatic carbocycles. The molecule has 0 saturated carbocycles. The molecule has 0 bridgehead atoms. The molecule has 108 valence electrons. The third-order valence-corrected chi connectivity index (χ3v) is 3.65. The highest BCUT2D eigenvalue weighted by Gasteiger charge is 2.31. The van der Waals surface area contributed by atoms with Crippen molar-refractivity contribution in [1.82, 2.24) is 15.0 Å². The fraction of sp³-hybridized carbons (Fsp3) is 0.846. The van der Waals surface area contributed by atoms with Crippen molar-refractivity contribution in [3.63, 3.8) is 0 Å². The summed E-state index contributed by atoms with van der Waals surface area (Å²) in [6, 6.07) is 0.498. The first-order chi connectivity index (χ1) is 8.94. The van der Waals surface area contributed by atoms with Gasteiger partial charge in [0.1, 0.15) is 6.10 Å². The Morgan fingerprint density at radius 3 is 2.84 bits per heavy atom. The van der Waals surface area contributed by atoms with Gasteiger partial charge >= 0.3 is 0 Å². The minimum atomic E-state index is -0.294. The molecule has 2 N–H and O–H groups in total. The van der Waals surface area contributed by atoms with Gasteiger partial charge in [-0.1, -0.05) is 5.16 Å². The number of aromatic nitrogens is 2. The molecule has 0 aliphatic carbocycles.